The Bertz CT molecular complexity index is 545. The molecule has 4 nitrogen and oxygen atoms in total. The number of aryl methyl sites for hydroxylation is 1. The summed E-state index contributed by atoms with van der Waals surface area (Å²) in [4.78, 5) is 24.4. The lowest BCUT2D eigenvalue weighted by Crippen LogP contribution is -2.35. The van der Waals surface area contributed by atoms with E-state index in [1.807, 2.05) is 19.9 Å². The number of hydrogen-bond acceptors (Lipinski definition) is 3. The van der Waals surface area contributed by atoms with Crippen molar-refractivity contribution in [2.75, 3.05) is 12.4 Å². The summed E-state index contributed by atoms with van der Waals surface area (Å²) in [7, 11) is 1.35. The van der Waals surface area contributed by atoms with E-state index < -0.39 is 5.97 Å². The van der Waals surface area contributed by atoms with Gasteiger partial charge in [0.1, 0.15) is 0 Å². The summed E-state index contributed by atoms with van der Waals surface area (Å²) in [5.41, 5.74) is 1.56. The lowest BCUT2D eigenvalue weighted by molar-refractivity contribution is -0.126. The molecule has 1 N–H and O–H groups in total. The third kappa shape index (κ3) is 3.43. The number of anilines is 1. The molecule has 0 aromatic heterocycles. The third-order valence-electron chi connectivity index (χ3n) is 4.33. The van der Waals surface area contributed by atoms with E-state index in [2.05, 4.69) is 5.32 Å². The molecule has 0 spiro atoms. The van der Waals surface area contributed by atoms with Gasteiger partial charge in [0, 0.05) is 5.41 Å². The van der Waals surface area contributed by atoms with Gasteiger partial charge < -0.3 is 10.1 Å². The number of carbonyl (C=O) groups is 2. The molecule has 1 fully saturated rings. The molecule has 2 rings (SSSR count). The van der Waals surface area contributed by atoms with Crippen molar-refractivity contribution in [2.24, 2.45) is 5.41 Å². The molecule has 1 saturated carbocycles. The van der Waals surface area contributed by atoms with Crippen LogP contribution in [0.25, 0.3) is 0 Å². The first-order valence-corrected chi connectivity index (χ1v) is 7.47. The molecule has 1 aliphatic rings. The summed E-state index contributed by atoms with van der Waals surface area (Å²) in [6, 6.07) is 5.39. The van der Waals surface area contributed by atoms with Gasteiger partial charge in [-0.2, -0.15) is 0 Å². The molecule has 0 aliphatic heterocycles. The van der Waals surface area contributed by atoms with Crippen molar-refractivity contribution < 1.29 is 14.3 Å². The van der Waals surface area contributed by atoms with Crippen LogP contribution in [-0.2, 0) is 9.53 Å². The van der Waals surface area contributed by atoms with Gasteiger partial charge in [0.25, 0.3) is 0 Å². The Labute approximate surface area is 125 Å². The largest absolute Gasteiger partial charge is 0.465 e. The zero-order valence-corrected chi connectivity index (χ0v) is 13.0. The molecule has 1 aliphatic carbocycles. The number of amides is 1. The van der Waals surface area contributed by atoms with Crippen LogP contribution in [-0.4, -0.2) is 19.0 Å². The Balaban J connectivity index is 2.22. The Kier molecular flexibility index (Phi) is 4.66. The van der Waals surface area contributed by atoms with Crippen LogP contribution in [0.15, 0.2) is 18.2 Å². The number of hydrogen-bond donors (Lipinski definition) is 1. The summed E-state index contributed by atoms with van der Waals surface area (Å²) < 4.78 is 4.79. The molecule has 1 aromatic rings. The van der Waals surface area contributed by atoms with Crippen molar-refractivity contribution in [1.29, 1.82) is 0 Å². The predicted molar refractivity (Wildman–Crippen MR) is 82.3 cm³/mol. The normalized spacial score (nSPS) is 17.1. The number of nitrogens with one attached hydrogen (secondary N) is 1. The third-order valence-corrected chi connectivity index (χ3v) is 4.33. The smallest absolute Gasteiger partial charge is 0.339 e. The highest BCUT2D eigenvalue weighted by Crippen LogP contribution is 2.37. The Morgan fingerprint density at radius 2 is 1.86 bits per heavy atom. The lowest BCUT2D eigenvalue weighted by Gasteiger charge is -2.32. The maximum absolute atomic E-state index is 12.6. The second kappa shape index (κ2) is 6.29. The standard InChI is InChI=1S/C17H23NO3/c1-12-7-8-14(13(11-12)15(19)21-3)18-16(20)17(2)9-5-4-6-10-17/h7-8,11H,4-6,9-10H2,1-3H3,(H,18,20). The highest BCUT2D eigenvalue weighted by molar-refractivity contribution is 6.03. The summed E-state index contributed by atoms with van der Waals surface area (Å²) in [5.74, 6) is -0.431. The summed E-state index contributed by atoms with van der Waals surface area (Å²) >= 11 is 0. The molecule has 21 heavy (non-hydrogen) atoms. The maximum atomic E-state index is 12.6. The highest BCUT2D eigenvalue weighted by atomic mass is 16.5. The summed E-state index contributed by atoms with van der Waals surface area (Å²) in [6.45, 7) is 3.91. The number of methoxy groups -OCH3 is 1. The fraction of sp³-hybridized carbons (Fsp3) is 0.529. The van der Waals surface area contributed by atoms with Gasteiger partial charge in [-0.25, -0.2) is 4.79 Å². The number of rotatable bonds is 3. The molecule has 0 heterocycles. The van der Waals surface area contributed by atoms with Crippen LogP contribution in [0.4, 0.5) is 5.69 Å². The van der Waals surface area contributed by atoms with E-state index in [1.165, 1.54) is 13.5 Å². The van der Waals surface area contributed by atoms with Crippen LogP contribution in [0.5, 0.6) is 0 Å². The highest BCUT2D eigenvalue weighted by Gasteiger charge is 2.35. The van der Waals surface area contributed by atoms with Gasteiger partial charge >= 0.3 is 5.97 Å². The van der Waals surface area contributed by atoms with E-state index in [1.54, 1.807) is 12.1 Å². The zero-order chi connectivity index (χ0) is 15.5. The number of carbonyl (C=O) groups excluding carboxylic acids is 2. The Morgan fingerprint density at radius 1 is 1.19 bits per heavy atom. The van der Waals surface area contributed by atoms with E-state index >= 15 is 0 Å². The first-order valence-electron chi connectivity index (χ1n) is 7.47. The Hall–Kier alpha value is -1.84. The average Bonchev–Trinajstić information content (AvgIpc) is 2.49. The van der Waals surface area contributed by atoms with Gasteiger partial charge in [-0.05, 0) is 31.9 Å². The van der Waals surface area contributed by atoms with Crippen molar-refractivity contribution in [1.82, 2.24) is 0 Å². The monoisotopic (exact) mass is 289 g/mol. The summed E-state index contributed by atoms with van der Waals surface area (Å²) in [5, 5.41) is 2.92. The second-order valence-corrected chi connectivity index (χ2v) is 6.12. The molecule has 0 saturated heterocycles. The van der Waals surface area contributed by atoms with Gasteiger partial charge in [-0.3, -0.25) is 4.79 Å². The topological polar surface area (TPSA) is 55.4 Å². The minimum atomic E-state index is -0.428. The minimum Gasteiger partial charge on any atom is -0.465 e. The quantitative estimate of drug-likeness (QED) is 0.863. The molecule has 114 valence electrons. The van der Waals surface area contributed by atoms with E-state index in [0.717, 1.165) is 31.2 Å². The van der Waals surface area contributed by atoms with Crippen LogP contribution in [0.1, 0.15) is 54.9 Å². The first kappa shape index (κ1) is 15.5. The predicted octanol–water partition coefficient (Wildman–Crippen LogP) is 3.69. The zero-order valence-electron chi connectivity index (χ0n) is 13.0. The Morgan fingerprint density at radius 3 is 2.48 bits per heavy atom. The fourth-order valence-electron chi connectivity index (χ4n) is 2.88. The maximum Gasteiger partial charge on any atom is 0.339 e. The van der Waals surface area contributed by atoms with Crippen molar-refractivity contribution in [3.8, 4) is 0 Å². The van der Waals surface area contributed by atoms with E-state index in [-0.39, 0.29) is 11.3 Å². The molecular weight excluding hydrogens is 266 g/mol. The molecular formula is C17H23NO3. The molecule has 0 radical (unpaired) electrons. The molecule has 0 bridgehead atoms. The van der Waals surface area contributed by atoms with Crippen LogP contribution in [0.3, 0.4) is 0 Å². The van der Waals surface area contributed by atoms with Crippen LogP contribution in [0.2, 0.25) is 0 Å². The number of ether oxygens (including phenoxy) is 1. The van der Waals surface area contributed by atoms with Crippen molar-refractivity contribution in [3.05, 3.63) is 29.3 Å². The lowest BCUT2D eigenvalue weighted by atomic mass is 9.75. The average molecular weight is 289 g/mol. The van der Waals surface area contributed by atoms with E-state index in [9.17, 15) is 9.59 Å². The molecule has 0 atom stereocenters. The van der Waals surface area contributed by atoms with Gasteiger partial charge in [0.2, 0.25) is 5.91 Å². The molecule has 4 heteroatoms. The second-order valence-electron chi connectivity index (χ2n) is 6.12. The minimum absolute atomic E-state index is 0.00351. The van der Waals surface area contributed by atoms with Crippen molar-refractivity contribution in [2.45, 2.75) is 46.0 Å². The van der Waals surface area contributed by atoms with Gasteiger partial charge in [0.05, 0.1) is 18.4 Å². The SMILES string of the molecule is COC(=O)c1cc(C)ccc1NC(=O)C1(C)CCCCC1. The molecule has 1 aromatic carbocycles. The molecule has 0 unspecified atom stereocenters. The number of esters is 1. The number of benzene rings is 1. The van der Waals surface area contributed by atoms with Crippen molar-refractivity contribution >= 4 is 17.6 Å². The van der Waals surface area contributed by atoms with Crippen LogP contribution >= 0.6 is 0 Å². The molecule has 1 amide bonds. The van der Waals surface area contributed by atoms with Crippen LogP contribution in [0, 0.1) is 12.3 Å². The van der Waals surface area contributed by atoms with Crippen molar-refractivity contribution in [3.63, 3.8) is 0 Å². The summed E-state index contributed by atoms with van der Waals surface area (Å²) in [6.07, 6.45) is 5.17. The van der Waals surface area contributed by atoms with Gasteiger partial charge in [-0.1, -0.05) is 37.8 Å². The van der Waals surface area contributed by atoms with Crippen LogP contribution < -0.4 is 5.32 Å². The van der Waals surface area contributed by atoms with Gasteiger partial charge in [-0.15, -0.1) is 0 Å². The fourth-order valence-corrected chi connectivity index (χ4v) is 2.88. The van der Waals surface area contributed by atoms with E-state index in [4.69, 9.17) is 4.74 Å². The first-order chi connectivity index (χ1) is 9.96. The van der Waals surface area contributed by atoms with Gasteiger partial charge in [0.15, 0.2) is 0 Å². The van der Waals surface area contributed by atoms with E-state index in [0.29, 0.717) is 11.3 Å².